The number of benzene rings is 1. The fraction of sp³-hybridized carbons (Fsp3) is 0.286. The number of ketones is 1. The summed E-state index contributed by atoms with van der Waals surface area (Å²) in [7, 11) is 0. The molecule has 94 valence electrons. The van der Waals surface area contributed by atoms with Crippen LogP contribution in [0.2, 0.25) is 0 Å². The second kappa shape index (κ2) is 5.12. The van der Waals surface area contributed by atoms with Crippen LogP contribution in [-0.2, 0) is 13.0 Å². The van der Waals surface area contributed by atoms with Crippen molar-refractivity contribution >= 4 is 5.78 Å². The van der Waals surface area contributed by atoms with E-state index in [-0.39, 0.29) is 11.6 Å². The lowest BCUT2D eigenvalue weighted by atomic mass is 10.0. The summed E-state index contributed by atoms with van der Waals surface area (Å²) in [6, 6.07) is 4.44. The van der Waals surface area contributed by atoms with Gasteiger partial charge in [-0.05, 0) is 43.2 Å². The van der Waals surface area contributed by atoms with Gasteiger partial charge in [0, 0.05) is 24.7 Å². The van der Waals surface area contributed by atoms with Crippen LogP contribution < -0.4 is 0 Å². The number of halogens is 1. The molecule has 2 rings (SSSR count). The van der Waals surface area contributed by atoms with Gasteiger partial charge in [-0.1, -0.05) is 0 Å². The Bertz CT molecular complexity index is 575. The maximum Gasteiger partial charge on any atom is 0.167 e. The number of rotatable bonds is 4. The molecule has 0 saturated heterocycles. The minimum Gasteiger partial charge on any atom is -0.294 e. The molecule has 0 N–H and O–H groups in total. The molecule has 0 spiro atoms. The maximum atomic E-state index is 13.1. The fourth-order valence-corrected chi connectivity index (χ4v) is 1.78. The second-order valence-electron chi connectivity index (χ2n) is 4.27. The van der Waals surface area contributed by atoms with Crippen molar-refractivity contribution < 1.29 is 9.18 Å². The summed E-state index contributed by atoms with van der Waals surface area (Å²) >= 11 is 0. The average molecular weight is 246 g/mol. The van der Waals surface area contributed by atoms with Gasteiger partial charge in [0.25, 0.3) is 0 Å². The molecule has 3 nitrogen and oxygen atoms in total. The van der Waals surface area contributed by atoms with Crippen LogP contribution in [0.3, 0.4) is 0 Å². The van der Waals surface area contributed by atoms with Gasteiger partial charge in [0.2, 0.25) is 0 Å². The van der Waals surface area contributed by atoms with Crippen molar-refractivity contribution in [2.75, 3.05) is 0 Å². The van der Waals surface area contributed by atoms with Gasteiger partial charge in [0.15, 0.2) is 5.78 Å². The lowest BCUT2D eigenvalue weighted by Gasteiger charge is -2.02. The first-order chi connectivity index (χ1) is 8.60. The van der Waals surface area contributed by atoms with Crippen LogP contribution in [0.25, 0.3) is 0 Å². The van der Waals surface area contributed by atoms with E-state index in [0.29, 0.717) is 17.5 Å². The lowest BCUT2D eigenvalue weighted by Crippen LogP contribution is -2.04. The number of nitrogens with zero attached hydrogens (tertiary/aromatic N) is 2. The van der Waals surface area contributed by atoms with Crippen LogP contribution in [0.15, 0.2) is 30.6 Å². The quantitative estimate of drug-likeness (QED) is 0.777. The van der Waals surface area contributed by atoms with Crippen LogP contribution in [0.5, 0.6) is 0 Å². The normalized spacial score (nSPS) is 10.6. The highest BCUT2D eigenvalue weighted by atomic mass is 19.1. The molecule has 0 amide bonds. The van der Waals surface area contributed by atoms with E-state index in [4.69, 9.17) is 0 Å². The Kier molecular flexibility index (Phi) is 3.55. The molecule has 0 saturated carbocycles. The van der Waals surface area contributed by atoms with Gasteiger partial charge < -0.3 is 0 Å². The summed E-state index contributed by atoms with van der Waals surface area (Å²) in [6.07, 6.45) is 3.84. The predicted molar refractivity (Wildman–Crippen MR) is 67.1 cm³/mol. The van der Waals surface area contributed by atoms with Gasteiger partial charge in [-0.15, -0.1) is 0 Å². The molecule has 1 heterocycles. The molecule has 0 aliphatic heterocycles. The fourth-order valence-electron chi connectivity index (χ4n) is 1.78. The molecular formula is C14H15FN2O. The summed E-state index contributed by atoms with van der Waals surface area (Å²) < 4.78 is 14.9. The molecule has 0 aliphatic rings. The molecule has 18 heavy (non-hydrogen) atoms. The number of aryl methyl sites for hydroxylation is 2. The van der Waals surface area contributed by atoms with E-state index in [1.54, 1.807) is 23.9 Å². The Morgan fingerprint density at radius 2 is 2.22 bits per heavy atom. The van der Waals surface area contributed by atoms with E-state index in [9.17, 15) is 9.18 Å². The second-order valence-corrected chi connectivity index (χ2v) is 4.27. The molecule has 0 fully saturated rings. The average Bonchev–Trinajstić information content (AvgIpc) is 2.80. The predicted octanol–water partition coefficient (Wildman–Crippen LogP) is 2.78. The molecule has 1 aromatic heterocycles. The maximum absolute atomic E-state index is 13.1. The zero-order valence-electron chi connectivity index (χ0n) is 10.5. The largest absolute Gasteiger partial charge is 0.294 e. The van der Waals surface area contributed by atoms with Crippen LogP contribution in [0, 0.1) is 12.7 Å². The number of hydrogen-bond donors (Lipinski definition) is 0. The molecule has 0 atom stereocenters. The third-order valence-electron chi connectivity index (χ3n) is 2.86. The Morgan fingerprint density at radius 3 is 2.83 bits per heavy atom. The molecule has 0 aliphatic carbocycles. The van der Waals surface area contributed by atoms with E-state index in [0.717, 1.165) is 12.1 Å². The summed E-state index contributed by atoms with van der Waals surface area (Å²) in [4.78, 5) is 12.0. The topological polar surface area (TPSA) is 34.9 Å². The van der Waals surface area contributed by atoms with Gasteiger partial charge in [0.1, 0.15) is 5.82 Å². The van der Waals surface area contributed by atoms with E-state index in [1.807, 2.05) is 13.1 Å². The lowest BCUT2D eigenvalue weighted by molar-refractivity contribution is 0.0993. The number of carbonyl (C=O) groups is 1. The van der Waals surface area contributed by atoms with Crippen LogP contribution in [0.4, 0.5) is 4.39 Å². The first kappa shape index (κ1) is 12.5. The van der Waals surface area contributed by atoms with Gasteiger partial charge in [-0.3, -0.25) is 9.48 Å². The van der Waals surface area contributed by atoms with Crippen molar-refractivity contribution in [3.8, 4) is 0 Å². The van der Waals surface area contributed by atoms with Crippen molar-refractivity contribution in [3.05, 3.63) is 53.1 Å². The molecular weight excluding hydrogens is 231 g/mol. The van der Waals surface area contributed by atoms with Crippen LogP contribution in [0.1, 0.15) is 28.4 Å². The minimum atomic E-state index is -0.287. The molecule has 0 unspecified atom stereocenters. The number of carbonyl (C=O) groups excluding carboxylic acids is 1. The number of Topliss-reactive ketones (excluding diaryl/α,β-unsaturated/α-hetero) is 1. The summed E-state index contributed by atoms with van der Waals surface area (Å²) in [5.41, 5.74) is 1.91. The Labute approximate surface area is 105 Å². The van der Waals surface area contributed by atoms with Gasteiger partial charge >= 0.3 is 0 Å². The zero-order chi connectivity index (χ0) is 13.1. The third-order valence-corrected chi connectivity index (χ3v) is 2.86. The number of aromatic nitrogens is 2. The van der Waals surface area contributed by atoms with E-state index in [1.165, 1.54) is 12.1 Å². The molecule has 4 heteroatoms. The van der Waals surface area contributed by atoms with Crippen LogP contribution in [-0.4, -0.2) is 15.6 Å². The van der Waals surface area contributed by atoms with E-state index < -0.39 is 0 Å². The molecule has 0 bridgehead atoms. The first-order valence-corrected chi connectivity index (χ1v) is 5.91. The van der Waals surface area contributed by atoms with E-state index >= 15 is 0 Å². The highest BCUT2D eigenvalue weighted by Crippen LogP contribution is 2.12. The Morgan fingerprint density at radius 1 is 1.44 bits per heavy atom. The summed E-state index contributed by atoms with van der Waals surface area (Å²) in [6.45, 7) is 4.42. The Hall–Kier alpha value is -1.97. The van der Waals surface area contributed by atoms with Gasteiger partial charge in [-0.25, -0.2) is 4.39 Å². The number of hydrogen-bond acceptors (Lipinski definition) is 2. The minimum absolute atomic E-state index is 0.0197. The zero-order valence-corrected chi connectivity index (χ0v) is 10.5. The summed E-state index contributed by atoms with van der Waals surface area (Å²) in [5, 5.41) is 4.12. The van der Waals surface area contributed by atoms with Crippen LogP contribution >= 0.6 is 0 Å². The molecule has 0 radical (unpaired) electrons. The molecule has 1 aromatic carbocycles. The smallest absolute Gasteiger partial charge is 0.167 e. The van der Waals surface area contributed by atoms with Crippen molar-refractivity contribution in [1.29, 1.82) is 0 Å². The van der Waals surface area contributed by atoms with Crippen molar-refractivity contribution in [3.63, 3.8) is 0 Å². The van der Waals surface area contributed by atoms with E-state index in [2.05, 4.69) is 5.10 Å². The standard InChI is InChI=1S/C14H15FN2O/c1-3-17-9-11(8-16-17)7-14(18)12-4-5-13(15)10(2)6-12/h4-6,8-9H,3,7H2,1-2H3. The summed E-state index contributed by atoms with van der Waals surface area (Å²) in [5.74, 6) is -0.306. The molecule has 2 aromatic rings. The third kappa shape index (κ3) is 2.64. The van der Waals surface area contributed by atoms with Gasteiger partial charge in [0.05, 0.1) is 6.20 Å². The van der Waals surface area contributed by atoms with Gasteiger partial charge in [-0.2, -0.15) is 5.10 Å². The highest BCUT2D eigenvalue weighted by molar-refractivity contribution is 5.97. The Balaban J connectivity index is 2.14. The highest BCUT2D eigenvalue weighted by Gasteiger charge is 2.10. The first-order valence-electron chi connectivity index (χ1n) is 5.91. The SMILES string of the molecule is CCn1cc(CC(=O)c2ccc(F)c(C)c2)cn1. The van der Waals surface area contributed by atoms with Crippen molar-refractivity contribution in [2.24, 2.45) is 0 Å². The van der Waals surface area contributed by atoms with Crippen molar-refractivity contribution in [1.82, 2.24) is 9.78 Å². The monoisotopic (exact) mass is 246 g/mol. The van der Waals surface area contributed by atoms with Crippen molar-refractivity contribution in [2.45, 2.75) is 26.8 Å².